The van der Waals surface area contributed by atoms with Gasteiger partial charge in [-0.1, -0.05) is 65.7 Å². The number of furan rings is 1. The summed E-state index contributed by atoms with van der Waals surface area (Å²) in [5, 5.41) is 0. The van der Waals surface area contributed by atoms with Crippen LogP contribution in [-0.2, 0) is 25.6 Å². The van der Waals surface area contributed by atoms with Crippen molar-refractivity contribution in [2.24, 2.45) is 0 Å². The summed E-state index contributed by atoms with van der Waals surface area (Å²) in [5.74, 6) is -0.00514. The maximum absolute atomic E-state index is 13.0. The standard InChI is InChI=1S/C23H26BrNO5S2/c1-4-5-15-25(31(3,26)27)23-22(19-13-9-10-14-20(19)24)17(2)21(30-23)16-32(28,29)18-11-7-6-8-12-18/h6-14H,4-5,15-16H2,1-3H3. The van der Waals surface area contributed by atoms with E-state index >= 15 is 0 Å². The average molecular weight is 541 g/mol. The van der Waals surface area contributed by atoms with Crippen molar-refractivity contribution in [3.05, 3.63) is 70.4 Å². The van der Waals surface area contributed by atoms with Crippen molar-refractivity contribution in [3.63, 3.8) is 0 Å². The van der Waals surface area contributed by atoms with E-state index in [1.165, 1.54) is 16.4 Å². The minimum atomic E-state index is -3.68. The van der Waals surface area contributed by atoms with Crippen molar-refractivity contribution in [1.29, 1.82) is 0 Å². The first-order valence-electron chi connectivity index (χ1n) is 10.2. The maximum Gasteiger partial charge on any atom is 0.234 e. The summed E-state index contributed by atoms with van der Waals surface area (Å²) in [6.45, 7) is 3.98. The van der Waals surface area contributed by atoms with E-state index in [9.17, 15) is 16.8 Å². The Morgan fingerprint density at radius 1 is 0.969 bits per heavy atom. The van der Waals surface area contributed by atoms with Gasteiger partial charge in [-0.25, -0.2) is 21.1 Å². The number of nitrogens with zero attached hydrogens (tertiary/aromatic N) is 1. The molecule has 0 unspecified atom stereocenters. The second-order valence-electron chi connectivity index (χ2n) is 7.57. The van der Waals surface area contributed by atoms with Crippen molar-refractivity contribution in [2.45, 2.75) is 37.3 Å². The van der Waals surface area contributed by atoms with Crippen molar-refractivity contribution in [1.82, 2.24) is 0 Å². The molecule has 2 aromatic carbocycles. The Hall–Kier alpha value is -2.10. The lowest BCUT2D eigenvalue weighted by Gasteiger charge is -2.21. The molecule has 0 bridgehead atoms. The second kappa shape index (κ2) is 9.80. The SMILES string of the molecule is CCCCN(c1oc(CS(=O)(=O)c2ccccc2)c(C)c1-c1ccccc1Br)S(C)(=O)=O. The molecule has 9 heteroatoms. The molecular weight excluding hydrogens is 514 g/mol. The van der Waals surface area contributed by atoms with Gasteiger partial charge in [0.2, 0.25) is 15.9 Å². The largest absolute Gasteiger partial charge is 0.442 e. The first-order chi connectivity index (χ1) is 15.1. The molecule has 0 atom stereocenters. The van der Waals surface area contributed by atoms with Gasteiger partial charge in [0, 0.05) is 22.1 Å². The number of unbranched alkanes of at least 4 members (excludes halogenated alkanes) is 1. The number of rotatable bonds is 9. The van der Waals surface area contributed by atoms with Crippen LogP contribution < -0.4 is 4.31 Å². The number of sulfonamides is 1. The Kier molecular flexibility index (Phi) is 7.52. The fraction of sp³-hybridized carbons (Fsp3) is 0.304. The Labute approximate surface area is 198 Å². The van der Waals surface area contributed by atoms with Crippen LogP contribution in [-0.4, -0.2) is 29.6 Å². The summed E-state index contributed by atoms with van der Waals surface area (Å²) < 4.78 is 59.4. The minimum Gasteiger partial charge on any atom is -0.442 e. The van der Waals surface area contributed by atoms with E-state index in [1.54, 1.807) is 25.1 Å². The van der Waals surface area contributed by atoms with Crippen LogP contribution >= 0.6 is 15.9 Å². The topological polar surface area (TPSA) is 84.7 Å². The van der Waals surface area contributed by atoms with Gasteiger partial charge in [0.1, 0.15) is 11.5 Å². The molecule has 0 fully saturated rings. The zero-order chi connectivity index (χ0) is 23.5. The number of sulfone groups is 1. The molecule has 0 aliphatic carbocycles. The van der Waals surface area contributed by atoms with Crippen molar-refractivity contribution >= 4 is 41.7 Å². The van der Waals surface area contributed by atoms with Crippen molar-refractivity contribution in [3.8, 4) is 11.1 Å². The molecule has 0 saturated heterocycles. The molecular formula is C23H26BrNO5S2. The smallest absolute Gasteiger partial charge is 0.234 e. The summed E-state index contributed by atoms with van der Waals surface area (Å²) in [6.07, 6.45) is 2.57. The predicted octanol–water partition coefficient (Wildman–Crippen LogP) is 5.56. The highest BCUT2D eigenvalue weighted by atomic mass is 79.9. The highest BCUT2D eigenvalue weighted by Gasteiger charge is 2.31. The minimum absolute atomic E-state index is 0.142. The molecule has 0 aliphatic rings. The molecule has 6 nitrogen and oxygen atoms in total. The van der Waals surface area contributed by atoms with Crippen LogP contribution in [0, 0.1) is 6.92 Å². The number of halogens is 1. The average Bonchev–Trinajstić information content (AvgIpc) is 3.03. The highest BCUT2D eigenvalue weighted by Crippen LogP contribution is 2.43. The zero-order valence-electron chi connectivity index (χ0n) is 18.2. The van der Waals surface area contributed by atoms with Crippen LogP contribution in [0.2, 0.25) is 0 Å². The Balaban J connectivity index is 2.21. The van der Waals surface area contributed by atoms with Crippen LogP contribution in [0.4, 0.5) is 5.88 Å². The summed E-state index contributed by atoms with van der Waals surface area (Å²) >= 11 is 3.53. The van der Waals surface area contributed by atoms with Gasteiger partial charge >= 0.3 is 0 Å². The van der Waals surface area contributed by atoms with Gasteiger partial charge in [0.15, 0.2) is 9.84 Å². The van der Waals surface area contributed by atoms with E-state index in [4.69, 9.17) is 4.42 Å². The van der Waals surface area contributed by atoms with E-state index in [2.05, 4.69) is 15.9 Å². The fourth-order valence-electron chi connectivity index (χ4n) is 3.44. The summed E-state index contributed by atoms with van der Waals surface area (Å²) in [7, 11) is -7.34. The second-order valence-corrected chi connectivity index (χ2v) is 12.3. The van der Waals surface area contributed by atoms with Gasteiger partial charge < -0.3 is 4.42 Å². The third-order valence-electron chi connectivity index (χ3n) is 5.14. The van der Waals surface area contributed by atoms with Crippen LogP contribution in [0.5, 0.6) is 0 Å². The molecule has 0 N–H and O–H groups in total. The van der Waals surface area contributed by atoms with E-state index in [-0.39, 0.29) is 28.8 Å². The van der Waals surface area contributed by atoms with Gasteiger partial charge in [0.05, 0.1) is 16.7 Å². The van der Waals surface area contributed by atoms with Crippen LogP contribution in [0.1, 0.15) is 31.1 Å². The molecule has 32 heavy (non-hydrogen) atoms. The monoisotopic (exact) mass is 539 g/mol. The lowest BCUT2D eigenvalue weighted by atomic mass is 10.0. The molecule has 172 valence electrons. The van der Waals surface area contributed by atoms with Gasteiger partial charge in [-0.2, -0.15) is 0 Å². The quantitative estimate of drug-likeness (QED) is 0.355. The number of benzene rings is 2. The van der Waals surface area contributed by atoms with E-state index in [0.717, 1.165) is 22.7 Å². The molecule has 0 saturated carbocycles. The van der Waals surface area contributed by atoms with Crippen LogP contribution in [0.3, 0.4) is 0 Å². The van der Waals surface area contributed by atoms with E-state index in [1.807, 2.05) is 31.2 Å². The molecule has 3 rings (SSSR count). The lowest BCUT2D eigenvalue weighted by molar-refractivity contribution is 0.514. The van der Waals surface area contributed by atoms with Gasteiger partial charge in [-0.3, -0.25) is 0 Å². The summed E-state index contributed by atoms with van der Waals surface area (Å²) in [6, 6.07) is 15.5. The van der Waals surface area contributed by atoms with Gasteiger partial charge in [-0.05, 0) is 31.5 Å². The molecule has 0 aliphatic heterocycles. The molecule has 1 aromatic heterocycles. The normalized spacial score (nSPS) is 12.1. The van der Waals surface area contributed by atoms with Crippen molar-refractivity contribution < 1.29 is 21.3 Å². The first kappa shape index (κ1) is 24.5. The molecule has 0 amide bonds. The number of hydrogen-bond donors (Lipinski definition) is 0. The number of anilines is 1. The third kappa shape index (κ3) is 5.27. The van der Waals surface area contributed by atoms with Gasteiger partial charge in [-0.15, -0.1) is 0 Å². The molecule has 0 radical (unpaired) electrons. The van der Waals surface area contributed by atoms with Crippen molar-refractivity contribution in [2.75, 3.05) is 17.1 Å². The Bertz CT molecular complexity index is 1300. The van der Waals surface area contributed by atoms with E-state index < -0.39 is 19.9 Å². The lowest BCUT2D eigenvalue weighted by Crippen LogP contribution is -2.31. The van der Waals surface area contributed by atoms with Gasteiger partial charge in [0.25, 0.3) is 0 Å². The zero-order valence-corrected chi connectivity index (χ0v) is 21.4. The first-order valence-corrected chi connectivity index (χ1v) is 14.5. The van der Waals surface area contributed by atoms with Crippen LogP contribution in [0.15, 0.2) is 68.4 Å². The number of hydrogen-bond acceptors (Lipinski definition) is 5. The third-order valence-corrected chi connectivity index (χ3v) is 8.61. The van der Waals surface area contributed by atoms with Crippen LogP contribution in [0.25, 0.3) is 11.1 Å². The summed E-state index contributed by atoms with van der Waals surface area (Å²) in [5.41, 5.74) is 1.89. The Morgan fingerprint density at radius 3 is 2.19 bits per heavy atom. The maximum atomic E-state index is 13.0. The fourth-order valence-corrected chi connectivity index (χ4v) is 6.17. The predicted molar refractivity (Wildman–Crippen MR) is 131 cm³/mol. The Morgan fingerprint density at radius 2 is 1.59 bits per heavy atom. The molecule has 3 aromatic rings. The summed E-state index contributed by atoms with van der Waals surface area (Å²) in [4.78, 5) is 0.186. The highest BCUT2D eigenvalue weighted by molar-refractivity contribution is 9.10. The molecule has 0 spiro atoms. The molecule has 1 heterocycles. The van der Waals surface area contributed by atoms with E-state index in [0.29, 0.717) is 17.5 Å².